The van der Waals surface area contributed by atoms with E-state index in [2.05, 4.69) is 20.2 Å². The first kappa shape index (κ1) is 26.2. The van der Waals surface area contributed by atoms with E-state index < -0.39 is 0 Å². The van der Waals surface area contributed by atoms with Crippen molar-refractivity contribution in [2.24, 2.45) is 17.1 Å². The van der Waals surface area contributed by atoms with Crippen molar-refractivity contribution in [2.75, 3.05) is 37.7 Å². The molecule has 2 heterocycles. The molecule has 1 amide bonds. The maximum Gasteiger partial charge on any atom is 0.251 e. The Morgan fingerprint density at radius 3 is 2.41 bits per heavy atom. The number of aryl methyl sites for hydroxylation is 2. The second-order valence-electron chi connectivity index (χ2n) is 10.1. The monoisotopic (exact) mass is 487 g/mol. The highest BCUT2D eigenvalue weighted by molar-refractivity contribution is 6.30. The summed E-state index contributed by atoms with van der Waals surface area (Å²) in [5, 5.41) is 3.58. The zero-order valence-electron chi connectivity index (χ0n) is 20.9. The Kier molecular flexibility index (Phi) is 9.14. The number of carbonyl (C=O) groups excluding carboxylic acids is 1. The third-order valence-corrected chi connectivity index (χ3v) is 6.74. The van der Waals surface area contributed by atoms with Gasteiger partial charge >= 0.3 is 0 Å². The van der Waals surface area contributed by atoms with Gasteiger partial charge in [0.15, 0.2) is 0 Å². The number of nitrogens with two attached hydrogens (primary N) is 1. The van der Waals surface area contributed by atoms with Gasteiger partial charge in [0.1, 0.15) is 5.75 Å². The van der Waals surface area contributed by atoms with E-state index in [0.29, 0.717) is 30.6 Å². The molecule has 0 unspecified atom stereocenters. The second kappa shape index (κ2) is 11.8. The van der Waals surface area contributed by atoms with Crippen molar-refractivity contribution in [3.63, 3.8) is 0 Å². The number of ether oxygens (including phenoxy) is 1. The number of piperidine rings is 1. The number of carbonyl (C=O) groups is 1. The van der Waals surface area contributed by atoms with Crippen LogP contribution in [-0.2, 0) is 0 Å². The maximum absolute atomic E-state index is 12.7. The number of aromatic nitrogens is 2. The van der Waals surface area contributed by atoms with Gasteiger partial charge in [-0.3, -0.25) is 4.79 Å². The van der Waals surface area contributed by atoms with Crippen molar-refractivity contribution in [1.29, 1.82) is 0 Å². The van der Waals surface area contributed by atoms with E-state index >= 15 is 0 Å². The minimum atomic E-state index is -0.124. The lowest BCUT2D eigenvalue weighted by molar-refractivity contribution is 0.0936. The van der Waals surface area contributed by atoms with Gasteiger partial charge in [0.25, 0.3) is 5.91 Å². The molecule has 0 radical (unpaired) electrons. The van der Waals surface area contributed by atoms with Gasteiger partial charge in [-0.2, -0.15) is 0 Å². The number of benzene rings is 1. The number of rotatable bonds is 10. The standard InChI is InChI=1S/C26H38ClN5O2/c1-18-12-22(13-19(2)23(18)24(33)31-17-26(3,4)16-28)34-11-5-6-20-7-9-32(10-8-20)25-29-14-21(27)15-30-25/h12-15,20H,5-11,16-17,28H2,1-4H3,(H,31,33). The molecule has 1 aliphatic rings. The zero-order chi connectivity index (χ0) is 24.7. The van der Waals surface area contributed by atoms with Crippen molar-refractivity contribution in [1.82, 2.24) is 15.3 Å². The Balaban J connectivity index is 1.42. The van der Waals surface area contributed by atoms with Gasteiger partial charge in [-0.25, -0.2) is 9.97 Å². The van der Waals surface area contributed by atoms with Crippen LogP contribution in [-0.4, -0.2) is 48.7 Å². The van der Waals surface area contributed by atoms with Crippen LogP contribution in [0.1, 0.15) is 61.0 Å². The molecule has 1 aromatic carbocycles. The summed E-state index contributed by atoms with van der Waals surface area (Å²) in [4.78, 5) is 23.6. The third-order valence-electron chi connectivity index (χ3n) is 6.54. The molecule has 2 aromatic rings. The average molecular weight is 488 g/mol. The minimum Gasteiger partial charge on any atom is -0.494 e. The third kappa shape index (κ3) is 7.31. The Morgan fingerprint density at radius 2 is 1.82 bits per heavy atom. The van der Waals surface area contributed by atoms with Crippen LogP contribution in [0.25, 0.3) is 0 Å². The average Bonchev–Trinajstić information content (AvgIpc) is 2.81. The Hall–Kier alpha value is -2.38. The van der Waals surface area contributed by atoms with E-state index in [4.69, 9.17) is 22.1 Å². The molecule has 186 valence electrons. The van der Waals surface area contributed by atoms with Gasteiger partial charge in [-0.15, -0.1) is 0 Å². The molecule has 0 saturated carbocycles. The second-order valence-corrected chi connectivity index (χ2v) is 10.5. The van der Waals surface area contributed by atoms with Gasteiger partial charge in [0, 0.05) is 25.2 Å². The molecule has 7 nitrogen and oxygen atoms in total. The van der Waals surface area contributed by atoms with Crippen molar-refractivity contribution in [3.8, 4) is 5.75 Å². The van der Waals surface area contributed by atoms with E-state index in [1.54, 1.807) is 12.4 Å². The molecule has 1 aliphatic heterocycles. The van der Waals surface area contributed by atoms with Gasteiger partial charge in [-0.05, 0) is 80.7 Å². The summed E-state index contributed by atoms with van der Waals surface area (Å²) < 4.78 is 6.04. The quantitative estimate of drug-likeness (QED) is 0.478. The number of hydrogen-bond acceptors (Lipinski definition) is 6. The summed E-state index contributed by atoms with van der Waals surface area (Å²) in [6, 6.07) is 3.92. The summed E-state index contributed by atoms with van der Waals surface area (Å²) in [6.45, 7) is 11.7. The number of anilines is 1. The van der Waals surface area contributed by atoms with Crippen LogP contribution in [0.4, 0.5) is 5.95 Å². The number of amides is 1. The van der Waals surface area contributed by atoms with Crippen LogP contribution < -0.4 is 20.7 Å². The normalized spacial score (nSPS) is 14.8. The van der Waals surface area contributed by atoms with Crippen molar-refractivity contribution in [3.05, 3.63) is 46.2 Å². The molecule has 0 bridgehead atoms. The van der Waals surface area contributed by atoms with Crippen LogP contribution in [0, 0.1) is 25.2 Å². The molecule has 3 N–H and O–H groups in total. The van der Waals surface area contributed by atoms with Crippen molar-refractivity contribution >= 4 is 23.5 Å². The molecule has 0 atom stereocenters. The SMILES string of the molecule is Cc1cc(OCCCC2CCN(c3ncc(Cl)cn3)CC2)cc(C)c1C(=O)NCC(C)(C)CN. The predicted molar refractivity (Wildman–Crippen MR) is 138 cm³/mol. The Labute approximate surface area is 208 Å². The summed E-state index contributed by atoms with van der Waals surface area (Å²) in [7, 11) is 0. The minimum absolute atomic E-state index is 0.0570. The molecule has 1 fully saturated rings. The van der Waals surface area contributed by atoms with Crippen LogP contribution >= 0.6 is 11.6 Å². The van der Waals surface area contributed by atoms with E-state index in [-0.39, 0.29) is 11.3 Å². The lowest BCUT2D eigenvalue weighted by atomic mass is 9.92. The molecule has 3 rings (SSSR count). The molecule has 0 spiro atoms. The van der Waals surface area contributed by atoms with Gasteiger partial charge in [0.05, 0.1) is 24.0 Å². The highest BCUT2D eigenvalue weighted by Gasteiger charge is 2.21. The van der Waals surface area contributed by atoms with E-state index in [1.165, 1.54) is 0 Å². The fourth-order valence-corrected chi connectivity index (χ4v) is 4.40. The Bertz CT molecular complexity index is 933. The van der Waals surface area contributed by atoms with E-state index in [0.717, 1.165) is 67.2 Å². The topological polar surface area (TPSA) is 93.4 Å². The smallest absolute Gasteiger partial charge is 0.251 e. The Morgan fingerprint density at radius 1 is 1.21 bits per heavy atom. The highest BCUT2D eigenvalue weighted by atomic mass is 35.5. The molecule has 0 aliphatic carbocycles. The number of nitrogens with zero attached hydrogens (tertiary/aromatic N) is 3. The molecule has 1 aromatic heterocycles. The maximum atomic E-state index is 12.7. The zero-order valence-corrected chi connectivity index (χ0v) is 21.6. The molecular weight excluding hydrogens is 450 g/mol. The van der Waals surface area contributed by atoms with E-state index in [1.807, 2.05) is 39.8 Å². The largest absolute Gasteiger partial charge is 0.494 e. The van der Waals surface area contributed by atoms with Crippen LogP contribution in [0.5, 0.6) is 5.75 Å². The van der Waals surface area contributed by atoms with Crippen LogP contribution in [0.15, 0.2) is 24.5 Å². The fourth-order valence-electron chi connectivity index (χ4n) is 4.30. The van der Waals surface area contributed by atoms with Gasteiger partial charge < -0.3 is 20.7 Å². The van der Waals surface area contributed by atoms with Crippen LogP contribution in [0.2, 0.25) is 5.02 Å². The first-order valence-electron chi connectivity index (χ1n) is 12.1. The lowest BCUT2D eigenvalue weighted by Gasteiger charge is -2.32. The van der Waals surface area contributed by atoms with E-state index in [9.17, 15) is 4.79 Å². The summed E-state index contributed by atoms with van der Waals surface area (Å²) in [6.07, 6.45) is 7.72. The first-order valence-corrected chi connectivity index (χ1v) is 12.5. The predicted octanol–water partition coefficient (Wildman–Crippen LogP) is 4.54. The lowest BCUT2D eigenvalue weighted by Crippen LogP contribution is -2.38. The number of nitrogens with one attached hydrogen (secondary N) is 1. The highest BCUT2D eigenvalue weighted by Crippen LogP contribution is 2.26. The summed E-state index contributed by atoms with van der Waals surface area (Å²) in [5.41, 5.74) is 8.22. The number of halogens is 1. The van der Waals surface area contributed by atoms with Gasteiger partial charge in [-0.1, -0.05) is 25.4 Å². The molecule has 8 heteroatoms. The van der Waals surface area contributed by atoms with Crippen molar-refractivity contribution in [2.45, 2.75) is 53.4 Å². The molecule has 1 saturated heterocycles. The first-order chi connectivity index (χ1) is 16.2. The van der Waals surface area contributed by atoms with Crippen molar-refractivity contribution < 1.29 is 9.53 Å². The molecular formula is C26H38ClN5O2. The van der Waals surface area contributed by atoms with Crippen LogP contribution in [0.3, 0.4) is 0 Å². The fraction of sp³-hybridized carbons (Fsp3) is 0.577. The van der Waals surface area contributed by atoms with Gasteiger partial charge in [0.2, 0.25) is 5.95 Å². The molecule has 34 heavy (non-hydrogen) atoms. The number of hydrogen-bond donors (Lipinski definition) is 2. The summed E-state index contributed by atoms with van der Waals surface area (Å²) in [5.74, 6) is 2.22. The summed E-state index contributed by atoms with van der Waals surface area (Å²) >= 11 is 5.88.